The van der Waals surface area contributed by atoms with Gasteiger partial charge in [0.05, 0.1) is 17.9 Å². The average Bonchev–Trinajstić information content (AvgIpc) is 2.89. The molecule has 3 atom stereocenters. The van der Waals surface area contributed by atoms with E-state index in [1.165, 1.54) is 0 Å². The molecular weight excluding hydrogens is 244 g/mol. The lowest BCUT2D eigenvalue weighted by molar-refractivity contribution is 0.00148. The Morgan fingerprint density at radius 1 is 1.42 bits per heavy atom. The van der Waals surface area contributed by atoms with Crippen LogP contribution in [0.15, 0.2) is 4.52 Å². The molecule has 2 fully saturated rings. The lowest BCUT2D eigenvalue weighted by Gasteiger charge is -2.34. The maximum atomic E-state index is 12.5. The maximum absolute atomic E-state index is 12.5. The predicted octanol–water partition coefficient (Wildman–Crippen LogP) is 1.93. The molecule has 2 aliphatic rings. The monoisotopic (exact) mass is 264 g/mol. The number of fused-ring (bicyclic) bond motifs is 1. The van der Waals surface area contributed by atoms with E-state index in [-0.39, 0.29) is 12.0 Å². The van der Waals surface area contributed by atoms with Crippen molar-refractivity contribution in [1.82, 2.24) is 10.1 Å². The topological polar surface area (TPSA) is 55.6 Å². The highest BCUT2D eigenvalue weighted by atomic mass is 16.5. The van der Waals surface area contributed by atoms with E-state index in [9.17, 15) is 4.79 Å². The smallest absolute Gasteiger partial charge is 0.259 e. The first kappa shape index (κ1) is 12.7. The zero-order valence-electron chi connectivity index (χ0n) is 11.7. The number of carbonyl (C=O) groups is 1. The van der Waals surface area contributed by atoms with Gasteiger partial charge in [-0.1, -0.05) is 5.16 Å². The first-order valence-electron chi connectivity index (χ1n) is 6.94. The molecule has 0 spiro atoms. The number of hydrogen-bond donors (Lipinski definition) is 0. The van der Waals surface area contributed by atoms with E-state index >= 15 is 0 Å². The molecule has 19 heavy (non-hydrogen) atoms. The largest absolute Gasteiger partial charge is 0.373 e. The summed E-state index contributed by atoms with van der Waals surface area (Å²) in [6.07, 6.45) is 2.68. The quantitative estimate of drug-likeness (QED) is 0.777. The Kier molecular flexibility index (Phi) is 3.09. The summed E-state index contributed by atoms with van der Waals surface area (Å²) < 4.78 is 11.0. The maximum Gasteiger partial charge on any atom is 0.259 e. The third-order valence-corrected chi connectivity index (χ3v) is 4.27. The van der Waals surface area contributed by atoms with Crippen molar-refractivity contribution in [2.75, 3.05) is 13.1 Å². The van der Waals surface area contributed by atoms with Crippen LogP contribution in [0.5, 0.6) is 0 Å². The van der Waals surface area contributed by atoms with Crippen LogP contribution < -0.4 is 0 Å². The second kappa shape index (κ2) is 4.63. The standard InChI is InChI=1S/C14H20N2O3/c1-8-6-11-4-5-16(7-12(11)18-8)14(17)13-9(2)15-19-10(13)3/h8,11-12H,4-7H2,1-3H3/t8-,11+,12-/m1/s1. The Labute approximate surface area is 112 Å². The number of piperidine rings is 1. The molecule has 3 rings (SSSR count). The van der Waals surface area contributed by atoms with E-state index in [1.807, 2.05) is 11.8 Å². The summed E-state index contributed by atoms with van der Waals surface area (Å²) in [4.78, 5) is 14.4. The van der Waals surface area contributed by atoms with Crippen molar-refractivity contribution in [1.29, 1.82) is 0 Å². The van der Waals surface area contributed by atoms with E-state index in [0.717, 1.165) is 19.4 Å². The second-order valence-corrected chi connectivity index (χ2v) is 5.72. The molecule has 0 aliphatic carbocycles. The summed E-state index contributed by atoms with van der Waals surface area (Å²) >= 11 is 0. The lowest BCUT2D eigenvalue weighted by Crippen LogP contribution is -2.45. The average molecular weight is 264 g/mol. The minimum Gasteiger partial charge on any atom is -0.373 e. The van der Waals surface area contributed by atoms with Gasteiger partial charge in [-0.3, -0.25) is 4.79 Å². The fraction of sp³-hybridized carbons (Fsp3) is 0.714. The van der Waals surface area contributed by atoms with Gasteiger partial charge in [0.1, 0.15) is 11.3 Å². The van der Waals surface area contributed by atoms with Crippen molar-refractivity contribution in [2.24, 2.45) is 5.92 Å². The lowest BCUT2D eigenvalue weighted by atomic mass is 9.91. The van der Waals surface area contributed by atoms with Crippen LogP contribution in [0.25, 0.3) is 0 Å². The van der Waals surface area contributed by atoms with Crippen LogP contribution in [-0.4, -0.2) is 41.3 Å². The molecule has 2 saturated heterocycles. The van der Waals surface area contributed by atoms with Crippen molar-refractivity contribution >= 4 is 5.91 Å². The molecule has 2 aliphatic heterocycles. The van der Waals surface area contributed by atoms with Crippen LogP contribution in [-0.2, 0) is 4.74 Å². The summed E-state index contributed by atoms with van der Waals surface area (Å²) in [5.74, 6) is 1.24. The summed E-state index contributed by atoms with van der Waals surface area (Å²) in [6.45, 7) is 7.20. The first-order chi connectivity index (χ1) is 9.06. The Morgan fingerprint density at radius 2 is 2.21 bits per heavy atom. The number of hydrogen-bond acceptors (Lipinski definition) is 4. The highest BCUT2D eigenvalue weighted by molar-refractivity contribution is 5.96. The summed E-state index contributed by atoms with van der Waals surface area (Å²) in [5, 5.41) is 3.86. The highest BCUT2D eigenvalue weighted by Crippen LogP contribution is 2.33. The van der Waals surface area contributed by atoms with Crippen molar-refractivity contribution < 1.29 is 14.1 Å². The molecule has 0 saturated carbocycles. The Morgan fingerprint density at radius 3 is 2.89 bits per heavy atom. The zero-order chi connectivity index (χ0) is 13.6. The molecule has 3 heterocycles. The van der Waals surface area contributed by atoms with Gasteiger partial charge in [0, 0.05) is 13.1 Å². The number of likely N-dealkylation sites (tertiary alicyclic amines) is 1. The van der Waals surface area contributed by atoms with Crippen LogP contribution in [0.1, 0.15) is 41.6 Å². The van der Waals surface area contributed by atoms with Crippen molar-refractivity contribution in [2.45, 2.75) is 45.8 Å². The SMILES string of the molecule is Cc1noc(C)c1C(=O)N1CC[C@H]2C[C@@H](C)O[C@@H]2C1. The van der Waals surface area contributed by atoms with Crippen molar-refractivity contribution in [3.8, 4) is 0 Å². The van der Waals surface area contributed by atoms with Gasteiger partial charge >= 0.3 is 0 Å². The minimum atomic E-state index is 0.0258. The first-order valence-corrected chi connectivity index (χ1v) is 6.94. The Bertz CT molecular complexity index is 477. The molecule has 0 bridgehead atoms. The van der Waals surface area contributed by atoms with E-state index < -0.39 is 0 Å². The third-order valence-electron chi connectivity index (χ3n) is 4.27. The molecule has 0 aromatic carbocycles. The van der Waals surface area contributed by atoms with Gasteiger partial charge in [-0.05, 0) is 39.5 Å². The van der Waals surface area contributed by atoms with Gasteiger partial charge in [-0.15, -0.1) is 0 Å². The molecular formula is C14H20N2O3. The van der Waals surface area contributed by atoms with Crippen LogP contribution in [0, 0.1) is 19.8 Å². The van der Waals surface area contributed by atoms with Crippen LogP contribution >= 0.6 is 0 Å². The zero-order valence-corrected chi connectivity index (χ0v) is 11.7. The van der Waals surface area contributed by atoms with Gasteiger partial charge in [0.25, 0.3) is 5.91 Å². The molecule has 0 N–H and O–H groups in total. The van der Waals surface area contributed by atoms with Crippen LogP contribution in [0.2, 0.25) is 0 Å². The molecule has 0 unspecified atom stereocenters. The van der Waals surface area contributed by atoms with E-state index in [4.69, 9.17) is 9.26 Å². The van der Waals surface area contributed by atoms with E-state index in [0.29, 0.717) is 35.6 Å². The predicted molar refractivity (Wildman–Crippen MR) is 68.9 cm³/mol. The molecule has 1 aromatic heterocycles. The van der Waals surface area contributed by atoms with Crippen molar-refractivity contribution in [3.05, 3.63) is 17.0 Å². The summed E-state index contributed by atoms with van der Waals surface area (Å²) in [6, 6.07) is 0. The van der Waals surface area contributed by atoms with Gasteiger partial charge in [-0.25, -0.2) is 0 Å². The Balaban J connectivity index is 1.75. The molecule has 5 nitrogen and oxygen atoms in total. The van der Waals surface area contributed by atoms with E-state index in [2.05, 4.69) is 12.1 Å². The molecule has 5 heteroatoms. The summed E-state index contributed by atoms with van der Waals surface area (Å²) in [5.41, 5.74) is 1.29. The molecule has 104 valence electrons. The number of aromatic nitrogens is 1. The fourth-order valence-corrected chi connectivity index (χ4v) is 3.30. The van der Waals surface area contributed by atoms with Crippen LogP contribution in [0.4, 0.5) is 0 Å². The third kappa shape index (κ3) is 2.16. The number of ether oxygens (including phenoxy) is 1. The molecule has 0 radical (unpaired) electrons. The number of nitrogens with zero attached hydrogens (tertiary/aromatic N) is 2. The number of rotatable bonds is 1. The van der Waals surface area contributed by atoms with Gasteiger partial charge in [-0.2, -0.15) is 0 Å². The number of carbonyl (C=O) groups excluding carboxylic acids is 1. The van der Waals surface area contributed by atoms with Crippen LogP contribution in [0.3, 0.4) is 0 Å². The van der Waals surface area contributed by atoms with E-state index in [1.54, 1.807) is 6.92 Å². The van der Waals surface area contributed by atoms with Gasteiger partial charge in [0.2, 0.25) is 0 Å². The normalized spacial score (nSPS) is 30.5. The Hall–Kier alpha value is -1.36. The minimum absolute atomic E-state index is 0.0258. The summed E-state index contributed by atoms with van der Waals surface area (Å²) in [7, 11) is 0. The number of amides is 1. The number of aryl methyl sites for hydroxylation is 2. The second-order valence-electron chi connectivity index (χ2n) is 5.72. The van der Waals surface area contributed by atoms with Gasteiger partial charge in [0.15, 0.2) is 0 Å². The molecule has 1 aromatic rings. The fourth-order valence-electron chi connectivity index (χ4n) is 3.30. The van der Waals surface area contributed by atoms with Crippen molar-refractivity contribution in [3.63, 3.8) is 0 Å². The molecule has 1 amide bonds. The highest BCUT2D eigenvalue weighted by Gasteiger charge is 2.39. The van der Waals surface area contributed by atoms with Gasteiger partial charge < -0.3 is 14.2 Å².